The summed E-state index contributed by atoms with van der Waals surface area (Å²) in [5.41, 5.74) is 1.73. The van der Waals surface area contributed by atoms with Crippen LogP contribution in [-0.4, -0.2) is 80.7 Å². The molecule has 2 fully saturated rings. The van der Waals surface area contributed by atoms with Crippen LogP contribution in [0, 0.1) is 0 Å². The van der Waals surface area contributed by atoms with Gasteiger partial charge in [0, 0.05) is 64.3 Å². The Balaban J connectivity index is 1.36. The Morgan fingerprint density at radius 3 is 2.38 bits per heavy atom. The average molecular weight is 438 g/mol. The molecular weight excluding hydrogens is 406 g/mol. The molecule has 0 saturated carbocycles. The number of hydrogen-bond acceptors (Lipinski definition) is 6. The number of carbonyl (C=O) groups excluding carboxylic acids is 2. The van der Waals surface area contributed by atoms with E-state index in [9.17, 15) is 9.59 Å². The number of nitrogens with one attached hydrogen (secondary N) is 1. The highest BCUT2D eigenvalue weighted by molar-refractivity contribution is 6.00. The van der Waals surface area contributed by atoms with Gasteiger partial charge in [0.05, 0.1) is 5.56 Å². The lowest BCUT2D eigenvalue weighted by molar-refractivity contribution is -0.125. The number of anilines is 2. The molecule has 2 aliphatic heterocycles. The number of methoxy groups -OCH3 is 1. The summed E-state index contributed by atoms with van der Waals surface area (Å²) in [6.07, 6.45) is 3.50. The van der Waals surface area contributed by atoms with Gasteiger partial charge in [-0.05, 0) is 37.1 Å². The summed E-state index contributed by atoms with van der Waals surface area (Å²) in [6.45, 7) is 4.60. The Morgan fingerprint density at radius 2 is 1.69 bits per heavy atom. The molecule has 4 rings (SSSR count). The molecular formula is C24H31N5O3. The molecule has 170 valence electrons. The fraction of sp³-hybridized carbons (Fsp3) is 0.458. The molecule has 3 heterocycles. The van der Waals surface area contributed by atoms with Crippen molar-refractivity contribution >= 4 is 23.3 Å². The molecule has 0 atom stereocenters. The van der Waals surface area contributed by atoms with E-state index in [-0.39, 0.29) is 24.5 Å². The van der Waals surface area contributed by atoms with E-state index in [0.29, 0.717) is 13.1 Å². The van der Waals surface area contributed by atoms with E-state index in [1.807, 2.05) is 47.4 Å². The van der Waals surface area contributed by atoms with Gasteiger partial charge in [-0.25, -0.2) is 4.98 Å². The van der Waals surface area contributed by atoms with Gasteiger partial charge >= 0.3 is 0 Å². The Labute approximate surface area is 189 Å². The van der Waals surface area contributed by atoms with Crippen LogP contribution in [-0.2, 0) is 9.53 Å². The van der Waals surface area contributed by atoms with Crippen molar-refractivity contribution in [3.05, 3.63) is 54.2 Å². The van der Waals surface area contributed by atoms with Crippen LogP contribution in [0.15, 0.2) is 48.7 Å². The fourth-order valence-corrected chi connectivity index (χ4v) is 4.45. The number of benzene rings is 1. The normalized spacial score (nSPS) is 17.3. The van der Waals surface area contributed by atoms with Gasteiger partial charge in [-0.3, -0.25) is 9.59 Å². The van der Waals surface area contributed by atoms with Crippen molar-refractivity contribution in [3.8, 4) is 0 Å². The van der Waals surface area contributed by atoms with Crippen molar-refractivity contribution in [2.75, 3.05) is 62.8 Å². The molecule has 1 aromatic heterocycles. The third-order valence-corrected chi connectivity index (χ3v) is 6.15. The Kier molecular flexibility index (Phi) is 7.21. The third-order valence-electron chi connectivity index (χ3n) is 6.15. The maximum atomic E-state index is 13.4. The second-order valence-corrected chi connectivity index (χ2v) is 8.25. The van der Waals surface area contributed by atoms with E-state index in [1.165, 1.54) is 7.11 Å². The Hall–Kier alpha value is -3.13. The zero-order valence-corrected chi connectivity index (χ0v) is 18.6. The van der Waals surface area contributed by atoms with Crippen molar-refractivity contribution in [2.24, 2.45) is 0 Å². The standard InChI is InChI=1S/C24H31N5O3/c1-32-18-23(30)26-19-9-12-27(13-10-19)21-7-3-2-6-20(21)24(31)29-16-14-28(15-17-29)22-8-4-5-11-25-22/h2-8,11,19H,9-10,12-18H2,1H3,(H,26,30). The van der Waals surface area contributed by atoms with Crippen molar-refractivity contribution in [1.29, 1.82) is 0 Å². The number of rotatable bonds is 6. The summed E-state index contributed by atoms with van der Waals surface area (Å²) in [6, 6.07) is 13.9. The van der Waals surface area contributed by atoms with E-state index in [1.54, 1.807) is 6.20 Å². The molecule has 2 aliphatic rings. The smallest absolute Gasteiger partial charge is 0.256 e. The molecule has 0 bridgehead atoms. The zero-order chi connectivity index (χ0) is 22.3. The lowest BCUT2D eigenvalue weighted by atomic mass is 10.0. The number of pyridine rings is 1. The molecule has 2 aromatic rings. The van der Waals surface area contributed by atoms with E-state index >= 15 is 0 Å². The van der Waals surface area contributed by atoms with Crippen molar-refractivity contribution in [3.63, 3.8) is 0 Å². The lowest BCUT2D eigenvalue weighted by Gasteiger charge is -2.37. The average Bonchev–Trinajstić information content (AvgIpc) is 2.85. The molecule has 1 N–H and O–H groups in total. The second-order valence-electron chi connectivity index (χ2n) is 8.25. The number of para-hydroxylation sites is 1. The van der Waals surface area contributed by atoms with Gasteiger partial charge in [0.25, 0.3) is 5.91 Å². The van der Waals surface area contributed by atoms with Crippen molar-refractivity contribution < 1.29 is 14.3 Å². The summed E-state index contributed by atoms with van der Waals surface area (Å²) in [5, 5.41) is 3.02. The SMILES string of the molecule is COCC(=O)NC1CCN(c2ccccc2C(=O)N2CCN(c3ccccn3)CC2)CC1. The van der Waals surface area contributed by atoms with Crippen LogP contribution >= 0.6 is 0 Å². The van der Waals surface area contributed by atoms with Gasteiger partial charge in [-0.1, -0.05) is 18.2 Å². The first-order valence-corrected chi connectivity index (χ1v) is 11.2. The first kappa shape index (κ1) is 22.1. The molecule has 2 amide bonds. The van der Waals surface area contributed by atoms with Gasteiger partial charge in [-0.15, -0.1) is 0 Å². The maximum Gasteiger partial charge on any atom is 0.256 e. The minimum atomic E-state index is -0.0774. The van der Waals surface area contributed by atoms with Gasteiger partial charge in [0.15, 0.2) is 0 Å². The van der Waals surface area contributed by atoms with Gasteiger partial charge in [-0.2, -0.15) is 0 Å². The van der Waals surface area contributed by atoms with Gasteiger partial charge < -0.3 is 24.8 Å². The number of nitrogens with zero attached hydrogens (tertiary/aromatic N) is 4. The summed E-state index contributed by atoms with van der Waals surface area (Å²) in [5.74, 6) is 0.962. The van der Waals surface area contributed by atoms with Gasteiger partial charge in [0.1, 0.15) is 12.4 Å². The van der Waals surface area contributed by atoms with Crippen LogP contribution in [0.3, 0.4) is 0 Å². The number of hydrogen-bond donors (Lipinski definition) is 1. The minimum Gasteiger partial charge on any atom is -0.375 e. The fourth-order valence-electron chi connectivity index (χ4n) is 4.45. The number of carbonyl (C=O) groups is 2. The largest absolute Gasteiger partial charge is 0.375 e. The summed E-state index contributed by atoms with van der Waals surface area (Å²) < 4.78 is 4.90. The van der Waals surface area contributed by atoms with E-state index < -0.39 is 0 Å². The molecule has 0 unspecified atom stereocenters. The van der Waals surface area contributed by atoms with Crippen LogP contribution in [0.1, 0.15) is 23.2 Å². The monoisotopic (exact) mass is 437 g/mol. The number of ether oxygens (including phenoxy) is 1. The maximum absolute atomic E-state index is 13.4. The molecule has 8 nitrogen and oxygen atoms in total. The van der Waals surface area contributed by atoms with Gasteiger partial charge in [0.2, 0.25) is 5.91 Å². The quantitative estimate of drug-likeness (QED) is 0.742. The highest BCUT2D eigenvalue weighted by Crippen LogP contribution is 2.26. The number of aromatic nitrogens is 1. The van der Waals surface area contributed by atoms with Crippen LogP contribution in [0.5, 0.6) is 0 Å². The summed E-state index contributed by atoms with van der Waals surface area (Å²) >= 11 is 0. The molecule has 0 radical (unpaired) electrons. The number of amides is 2. The highest BCUT2D eigenvalue weighted by Gasteiger charge is 2.27. The first-order chi connectivity index (χ1) is 15.7. The van der Waals surface area contributed by atoms with Crippen LogP contribution in [0.4, 0.5) is 11.5 Å². The van der Waals surface area contributed by atoms with Crippen molar-refractivity contribution in [2.45, 2.75) is 18.9 Å². The third kappa shape index (κ3) is 5.19. The summed E-state index contributed by atoms with van der Waals surface area (Å²) in [7, 11) is 1.52. The van der Waals surface area contributed by atoms with Crippen LogP contribution in [0.2, 0.25) is 0 Å². The molecule has 8 heteroatoms. The van der Waals surface area contributed by atoms with E-state index in [4.69, 9.17) is 4.74 Å². The van der Waals surface area contributed by atoms with E-state index in [2.05, 4.69) is 20.1 Å². The van der Waals surface area contributed by atoms with Crippen LogP contribution < -0.4 is 15.1 Å². The topological polar surface area (TPSA) is 78.0 Å². The minimum absolute atomic E-state index is 0.0774. The summed E-state index contributed by atoms with van der Waals surface area (Å²) in [4.78, 5) is 36.0. The molecule has 2 saturated heterocycles. The van der Waals surface area contributed by atoms with Crippen molar-refractivity contribution in [1.82, 2.24) is 15.2 Å². The van der Waals surface area contributed by atoms with E-state index in [0.717, 1.165) is 56.1 Å². The highest BCUT2D eigenvalue weighted by atomic mass is 16.5. The number of piperazine rings is 1. The predicted octanol–water partition coefficient (Wildman–Crippen LogP) is 1.78. The first-order valence-electron chi connectivity index (χ1n) is 11.2. The Bertz CT molecular complexity index is 907. The lowest BCUT2D eigenvalue weighted by Crippen LogP contribution is -2.49. The molecule has 32 heavy (non-hydrogen) atoms. The molecule has 0 spiro atoms. The Morgan fingerprint density at radius 1 is 0.969 bits per heavy atom. The predicted molar refractivity (Wildman–Crippen MR) is 124 cm³/mol. The second kappa shape index (κ2) is 10.5. The van der Waals surface area contributed by atoms with Crippen LogP contribution in [0.25, 0.3) is 0 Å². The molecule has 0 aliphatic carbocycles. The molecule has 1 aromatic carbocycles. The zero-order valence-electron chi connectivity index (χ0n) is 18.6. The number of piperidine rings is 1.